The first kappa shape index (κ1) is 13.4. The van der Waals surface area contributed by atoms with Gasteiger partial charge in [0.05, 0.1) is 11.2 Å². The van der Waals surface area contributed by atoms with Gasteiger partial charge in [0.2, 0.25) is 0 Å². The number of aromatic nitrogens is 2. The summed E-state index contributed by atoms with van der Waals surface area (Å²) in [7, 11) is 0. The number of aryl methyl sites for hydroxylation is 1. The summed E-state index contributed by atoms with van der Waals surface area (Å²) in [5.41, 5.74) is 4.43. The molecule has 0 aliphatic carbocycles. The summed E-state index contributed by atoms with van der Waals surface area (Å²) in [6.45, 7) is 10.3. The molecular weight excluding hydrogens is 234 g/mol. The van der Waals surface area contributed by atoms with Gasteiger partial charge in [0.15, 0.2) is 0 Å². The number of nitrogens with zero attached hydrogens (tertiary/aromatic N) is 3. The van der Waals surface area contributed by atoms with Crippen LogP contribution in [0.25, 0.3) is 11.3 Å². The zero-order valence-electron chi connectivity index (χ0n) is 12.2. The highest BCUT2D eigenvalue weighted by Crippen LogP contribution is 2.28. The Labute approximate surface area is 114 Å². The van der Waals surface area contributed by atoms with E-state index in [0.717, 1.165) is 17.0 Å². The number of hydrogen-bond acceptors (Lipinski definition) is 2. The maximum absolute atomic E-state index is 9.39. The van der Waals surface area contributed by atoms with E-state index >= 15 is 0 Å². The second-order valence-corrected chi connectivity index (χ2v) is 5.87. The Morgan fingerprint density at radius 1 is 1.11 bits per heavy atom. The number of hydrogen-bond donors (Lipinski definition) is 0. The van der Waals surface area contributed by atoms with Crippen LogP contribution in [0.5, 0.6) is 0 Å². The van der Waals surface area contributed by atoms with Crippen molar-refractivity contribution in [2.75, 3.05) is 0 Å². The molecule has 0 radical (unpaired) electrons. The van der Waals surface area contributed by atoms with Crippen molar-refractivity contribution in [1.82, 2.24) is 9.78 Å². The summed E-state index contributed by atoms with van der Waals surface area (Å²) in [6.07, 6.45) is 0. The average Bonchev–Trinajstić information content (AvgIpc) is 2.67. The molecule has 1 heterocycles. The van der Waals surface area contributed by atoms with Crippen LogP contribution in [0.15, 0.2) is 24.3 Å². The minimum atomic E-state index is -0.126. The highest BCUT2D eigenvalue weighted by molar-refractivity contribution is 5.68. The zero-order chi connectivity index (χ0) is 14.2. The lowest BCUT2D eigenvalue weighted by Crippen LogP contribution is -2.24. The van der Waals surface area contributed by atoms with Crippen molar-refractivity contribution in [3.63, 3.8) is 0 Å². The van der Waals surface area contributed by atoms with Gasteiger partial charge in [0.25, 0.3) is 0 Å². The van der Waals surface area contributed by atoms with Crippen LogP contribution < -0.4 is 0 Å². The second kappa shape index (κ2) is 4.55. The quantitative estimate of drug-likeness (QED) is 0.775. The largest absolute Gasteiger partial charge is 0.263 e. The smallest absolute Gasteiger partial charge is 0.110 e. The highest BCUT2D eigenvalue weighted by atomic mass is 15.3. The number of rotatable bonds is 1. The molecule has 2 rings (SSSR count). The van der Waals surface area contributed by atoms with Crippen molar-refractivity contribution in [3.8, 4) is 17.3 Å². The number of benzene rings is 1. The Balaban J connectivity index is 2.65. The van der Waals surface area contributed by atoms with Crippen LogP contribution >= 0.6 is 0 Å². The van der Waals surface area contributed by atoms with Crippen molar-refractivity contribution in [1.29, 1.82) is 5.26 Å². The first-order valence-corrected chi connectivity index (χ1v) is 6.42. The van der Waals surface area contributed by atoms with Crippen molar-refractivity contribution in [2.45, 2.75) is 40.2 Å². The minimum absolute atomic E-state index is 0.126. The molecule has 0 aliphatic rings. The Morgan fingerprint density at radius 2 is 1.68 bits per heavy atom. The van der Waals surface area contributed by atoms with Gasteiger partial charge in [-0.15, -0.1) is 0 Å². The molecule has 0 saturated carbocycles. The van der Waals surface area contributed by atoms with E-state index in [1.54, 1.807) is 0 Å². The van der Waals surface area contributed by atoms with E-state index in [1.807, 2.05) is 42.8 Å². The van der Waals surface area contributed by atoms with Gasteiger partial charge >= 0.3 is 0 Å². The molecule has 2 aromatic rings. The molecule has 0 aliphatic heterocycles. The third-order valence-electron chi connectivity index (χ3n) is 3.19. The first-order valence-electron chi connectivity index (χ1n) is 6.42. The molecule has 0 unspecified atom stereocenters. The van der Waals surface area contributed by atoms with Gasteiger partial charge in [-0.3, -0.25) is 4.68 Å². The van der Waals surface area contributed by atoms with Gasteiger partial charge in [0, 0.05) is 5.56 Å². The predicted octanol–water partition coefficient (Wildman–Crippen LogP) is 3.79. The van der Waals surface area contributed by atoms with Crippen LogP contribution in [0.1, 0.15) is 37.6 Å². The van der Waals surface area contributed by atoms with Crippen molar-refractivity contribution in [3.05, 3.63) is 41.1 Å². The van der Waals surface area contributed by atoms with Gasteiger partial charge in [-0.1, -0.05) is 29.8 Å². The maximum atomic E-state index is 9.39. The van der Waals surface area contributed by atoms with Gasteiger partial charge in [0.1, 0.15) is 17.3 Å². The highest BCUT2D eigenvalue weighted by Gasteiger charge is 2.23. The van der Waals surface area contributed by atoms with E-state index in [0.29, 0.717) is 5.56 Å². The van der Waals surface area contributed by atoms with E-state index in [-0.39, 0.29) is 5.54 Å². The normalized spacial score (nSPS) is 11.4. The van der Waals surface area contributed by atoms with Crippen molar-refractivity contribution in [2.24, 2.45) is 0 Å². The Morgan fingerprint density at radius 3 is 2.16 bits per heavy atom. The van der Waals surface area contributed by atoms with Gasteiger partial charge in [-0.25, -0.2) is 0 Å². The Kier molecular flexibility index (Phi) is 3.20. The molecular formula is C16H19N3. The lowest BCUT2D eigenvalue weighted by atomic mass is 10.1. The zero-order valence-corrected chi connectivity index (χ0v) is 12.2. The fourth-order valence-electron chi connectivity index (χ4n) is 2.20. The first-order chi connectivity index (χ1) is 8.84. The fraction of sp³-hybridized carbons (Fsp3) is 0.375. The summed E-state index contributed by atoms with van der Waals surface area (Å²) >= 11 is 0. The minimum Gasteiger partial charge on any atom is -0.263 e. The molecule has 19 heavy (non-hydrogen) atoms. The molecule has 0 fully saturated rings. The third-order valence-corrected chi connectivity index (χ3v) is 3.19. The summed E-state index contributed by atoms with van der Waals surface area (Å²) in [4.78, 5) is 0. The summed E-state index contributed by atoms with van der Waals surface area (Å²) in [6, 6.07) is 10.4. The van der Waals surface area contributed by atoms with E-state index < -0.39 is 0 Å². The average molecular weight is 253 g/mol. The lowest BCUT2D eigenvalue weighted by molar-refractivity contribution is 0.348. The van der Waals surface area contributed by atoms with Crippen LogP contribution in [-0.4, -0.2) is 9.78 Å². The Hall–Kier alpha value is -2.08. The molecule has 1 aromatic carbocycles. The molecule has 0 amide bonds. The molecule has 98 valence electrons. The molecule has 0 N–H and O–H groups in total. The molecule has 0 atom stereocenters. The van der Waals surface area contributed by atoms with Gasteiger partial charge in [-0.05, 0) is 34.6 Å². The van der Waals surface area contributed by atoms with Gasteiger partial charge in [-0.2, -0.15) is 10.4 Å². The molecule has 0 saturated heterocycles. The molecule has 3 heteroatoms. The van der Waals surface area contributed by atoms with E-state index in [9.17, 15) is 5.26 Å². The molecule has 0 bridgehead atoms. The van der Waals surface area contributed by atoms with Crippen LogP contribution in [0.4, 0.5) is 0 Å². The Bertz CT molecular complexity index is 634. The van der Waals surface area contributed by atoms with Crippen LogP contribution in [0.2, 0.25) is 0 Å². The van der Waals surface area contributed by atoms with Crippen LogP contribution in [-0.2, 0) is 5.54 Å². The van der Waals surface area contributed by atoms with E-state index in [4.69, 9.17) is 0 Å². The number of nitriles is 1. The summed E-state index contributed by atoms with van der Waals surface area (Å²) < 4.78 is 1.93. The van der Waals surface area contributed by atoms with Crippen molar-refractivity contribution < 1.29 is 0 Å². The van der Waals surface area contributed by atoms with Crippen LogP contribution in [0.3, 0.4) is 0 Å². The van der Waals surface area contributed by atoms with Gasteiger partial charge < -0.3 is 0 Å². The molecule has 3 nitrogen and oxygen atoms in total. The topological polar surface area (TPSA) is 41.6 Å². The van der Waals surface area contributed by atoms with E-state index in [2.05, 4.69) is 31.9 Å². The molecule has 1 aromatic heterocycles. The SMILES string of the molecule is Cc1ccc(-c2nn(C(C)(C)C)c(C)c2C#N)cc1. The molecule has 0 spiro atoms. The monoisotopic (exact) mass is 253 g/mol. The summed E-state index contributed by atoms with van der Waals surface area (Å²) in [5, 5.41) is 14.0. The fourth-order valence-corrected chi connectivity index (χ4v) is 2.20. The maximum Gasteiger partial charge on any atom is 0.110 e. The van der Waals surface area contributed by atoms with E-state index in [1.165, 1.54) is 5.56 Å². The predicted molar refractivity (Wildman–Crippen MR) is 76.8 cm³/mol. The lowest BCUT2D eigenvalue weighted by Gasteiger charge is -2.21. The van der Waals surface area contributed by atoms with Crippen LogP contribution in [0, 0.1) is 25.2 Å². The summed E-state index contributed by atoms with van der Waals surface area (Å²) in [5.74, 6) is 0. The third kappa shape index (κ3) is 2.39. The second-order valence-electron chi connectivity index (χ2n) is 5.87. The standard InChI is InChI=1S/C16H19N3/c1-11-6-8-13(9-7-11)15-14(10-17)12(2)19(18-15)16(3,4)5/h6-9H,1-5H3. The van der Waals surface area contributed by atoms with Crippen molar-refractivity contribution >= 4 is 0 Å².